The van der Waals surface area contributed by atoms with Crippen LogP contribution in [0.5, 0.6) is 0 Å². The molecule has 0 radical (unpaired) electrons. The highest BCUT2D eigenvalue weighted by molar-refractivity contribution is 4.82. The molecule has 0 aromatic rings. The van der Waals surface area contributed by atoms with E-state index in [1.165, 1.54) is 0 Å². The Morgan fingerprint density at radius 3 is 3.27 bits per heavy atom. The molecule has 3 nitrogen and oxygen atoms in total. The summed E-state index contributed by atoms with van der Waals surface area (Å²) in [5, 5.41) is 0. The van der Waals surface area contributed by atoms with Gasteiger partial charge >= 0.3 is 0 Å². The fourth-order valence-electron chi connectivity index (χ4n) is 0.989. The van der Waals surface area contributed by atoms with Crippen LogP contribution < -0.4 is 5.48 Å². The maximum atomic E-state index is 5.30. The molecule has 0 aromatic heterocycles. The van der Waals surface area contributed by atoms with Gasteiger partial charge in [0.25, 0.3) is 0 Å². The molecule has 0 spiro atoms. The Morgan fingerprint density at radius 2 is 2.64 bits per heavy atom. The summed E-state index contributed by atoms with van der Waals surface area (Å²) < 4.78 is 5.30. The van der Waals surface area contributed by atoms with Crippen molar-refractivity contribution in [2.24, 2.45) is 0 Å². The van der Waals surface area contributed by atoms with Crippen LogP contribution in [0.1, 0.15) is 19.8 Å². The second-order valence-electron chi connectivity index (χ2n) is 2.49. The number of hydroxylamine groups is 1. The van der Waals surface area contributed by atoms with Crippen molar-refractivity contribution < 1.29 is 9.57 Å². The van der Waals surface area contributed by atoms with Crippen LogP contribution in [-0.4, -0.2) is 19.3 Å². The molecule has 0 fully saturated rings. The van der Waals surface area contributed by atoms with E-state index >= 15 is 0 Å². The molecule has 1 heterocycles. The fraction of sp³-hybridized carbons (Fsp3) is 0.750. The van der Waals surface area contributed by atoms with Gasteiger partial charge < -0.3 is 9.57 Å². The predicted octanol–water partition coefficient (Wildman–Crippen LogP) is 1.22. The molecule has 0 saturated carbocycles. The van der Waals surface area contributed by atoms with Gasteiger partial charge in [-0.2, -0.15) is 5.48 Å². The summed E-state index contributed by atoms with van der Waals surface area (Å²) in [5.41, 5.74) is 2.85. The maximum Gasteiger partial charge on any atom is 0.113 e. The standard InChI is InChI=1S/C8H15NO2/c1-2-11-9-7-8-5-3-4-6-10-8/h4,6,8-9H,2-3,5,7H2,1H3. The number of hydrogen-bond acceptors (Lipinski definition) is 3. The zero-order chi connectivity index (χ0) is 7.94. The van der Waals surface area contributed by atoms with Crippen LogP contribution in [0, 0.1) is 0 Å². The van der Waals surface area contributed by atoms with Gasteiger partial charge in [0.2, 0.25) is 0 Å². The summed E-state index contributed by atoms with van der Waals surface area (Å²) in [6, 6.07) is 0. The van der Waals surface area contributed by atoms with E-state index in [-0.39, 0.29) is 6.10 Å². The van der Waals surface area contributed by atoms with Crippen molar-refractivity contribution >= 4 is 0 Å². The average molecular weight is 157 g/mol. The largest absolute Gasteiger partial charge is 0.497 e. The third-order valence-corrected chi connectivity index (χ3v) is 1.58. The summed E-state index contributed by atoms with van der Waals surface area (Å²) in [4.78, 5) is 4.98. The van der Waals surface area contributed by atoms with Crippen LogP contribution in [0.15, 0.2) is 12.3 Å². The van der Waals surface area contributed by atoms with Crippen molar-refractivity contribution in [1.29, 1.82) is 0 Å². The first-order valence-electron chi connectivity index (χ1n) is 4.08. The molecule has 1 aliphatic heterocycles. The van der Waals surface area contributed by atoms with Crippen LogP contribution in [0.4, 0.5) is 0 Å². The normalized spacial score (nSPS) is 23.2. The topological polar surface area (TPSA) is 30.5 Å². The Bertz CT molecular complexity index is 125. The summed E-state index contributed by atoms with van der Waals surface area (Å²) in [6.45, 7) is 3.43. The zero-order valence-corrected chi connectivity index (χ0v) is 6.88. The smallest absolute Gasteiger partial charge is 0.113 e. The molecule has 3 heteroatoms. The van der Waals surface area contributed by atoms with Gasteiger partial charge in [0, 0.05) is 0 Å². The van der Waals surface area contributed by atoms with Crippen LogP contribution >= 0.6 is 0 Å². The third-order valence-electron chi connectivity index (χ3n) is 1.58. The molecule has 1 atom stereocenters. The number of hydrogen-bond donors (Lipinski definition) is 1. The molecule has 1 rings (SSSR count). The van der Waals surface area contributed by atoms with Gasteiger partial charge in [-0.3, -0.25) is 0 Å². The number of ether oxygens (including phenoxy) is 1. The van der Waals surface area contributed by atoms with Crippen molar-refractivity contribution in [3.63, 3.8) is 0 Å². The quantitative estimate of drug-likeness (QED) is 0.491. The van der Waals surface area contributed by atoms with Gasteiger partial charge in [-0.25, -0.2) is 0 Å². The lowest BCUT2D eigenvalue weighted by molar-refractivity contribution is 0.0126. The molecule has 0 saturated heterocycles. The summed E-state index contributed by atoms with van der Waals surface area (Å²) in [6.07, 6.45) is 6.28. The Balaban J connectivity index is 2.02. The SMILES string of the molecule is CCONCC1CCC=CO1. The van der Waals surface area contributed by atoms with Crippen molar-refractivity contribution in [2.45, 2.75) is 25.9 Å². The minimum Gasteiger partial charge on any atom is -0.497 e. The molecule has 0 aliphatic carbocycles. The Kier molecular flexibility index (Phi) is 4.01. The van der Waals surface area contributed by atoms with E-state index < -0.39 is 0 Å². The molecule has 64 valence electrons. The molecule has 0 aromatic carbocycles. The molecule has 0 amide bonds. The molecule has 1 N–H and O–H groups in total. The highest BCUT2D eigenvalue weighted by Gasteiger charge is 2.09. The fourth-order valence-corrected chi connectivity index (χ4v) is 0.989. The van der Waals surface area contributed by atoms with Gasteiger partial charge in [-0.05, 0) is 25.8 Å². The summed E-state index contributed by atoms with van der Waals surface area (Å²) in [5.74, 6) is 0. The molecular weight excluding hydrogens is 142 g/mol. The van der Waals surface area contributed by atoms with Crippen LogP contribution in [-0.2, 0) is 9.57 Å². The minimum absolute atomic E-state index is 0.284. The van der Waals surface area contributed by atoms with Gasteiger partial charge in [-0.15, -0.1) is 0 Å². The number of allylic oxidation sites excluding steroid dienone is 1. The van der Waals surface area contributed by atoms with Crippen molar-refractivity contribution in [2.75, 3.05) is 13.2 Å². The molecule has 1 aliphatic rings. The highest BCUT2D eigenvalue weighted by atomic mass is 16.6. The maximum absolute atomic E-state index is 5.30. The van der Waals surface area contributed by atoms with Gasteiger partial charge in [-0.1, -0.05) is 0 Å². The summed E-state index contributed by atoms with van der Waals surface area (Å²) in [7, 11) is 0. The van der Waals surface area contributed by atoms with Crippen molar-refractivity contribution in [1.82, 2.24) is 5.48 Å². The van der Waals surface area contributed by atoms with E-state index in [0.717, 1.165) is 19.4 Å². The second-order valence-corrected chi connectivity index (χ2v) is 2.49. The first kappa shape index (κ1) is 8.56. The van der Waals surface area contributed by atoms with E-state index in [0.29, 0.717) is 6.61 Å². The van der Waals surface area contributed by atoms with E-state index in [9.17, 15) is 0 Å². The third kappa shape index (κ3) is 3.39. The molecule has 11 heavy (non-hydrogen) atoms. The van der Waals surface area contributed by atoms with Gasteiger partial charge in [0.1, 0.15) is 6.10 Å². The van der Waals surface area contributed by atoms with Crippen molar-refractivity contribution in [3.8, 4) is 0 Å². The lowest BCUT2D eigenvalue weighted by atomic mass is 10.2. The summed E-state index contributed by atoms with van der Waals surface area (Å²) >= 11 is 0. The van der Waals surface area contributed by atoms with Crippen LogP contribution in [0.25, 0.3) is 0 Å². The Morgan fingerprint density at radius 1 is 1.73 bits per heavy atom. The molecular formula is C8H15NO2. The van der Waals surface area contributed by atoms with Gasteiger partial charge in [0.05, 0.1) is 19.4 Å². The Labute approximate surface area is 67.3 Å². The van der Waals surface area contributed by atoms with Crippen molar-refractivity contribution in [3.05, 3.63) is 12.3 Å². The second kappa shape index (κ2) is 5.16. The number of nitrogens with one attached hydrogen (secondary N) is 1. The van der Waals surface area contributed by atoms with E-state index in [4.69, 9.17) is 9.57 Å². The first-order chi connectivity index (χ1) is 5.43. The van der Waals surface area contributed by atoms with Crippen LogP contribution in [0.3, 0.4) is 0 Å². The Hall–Kier alpha value is -0.540. The van der Waals surface area contributed by atoms with E-state index in [2.05, 4.69) is 5.48 Å². The monoisotopic (exact) mass is 157 g/mol. The highest BCUT2D eigenvalue weighted by Crippen LogP contribution is 2.08. The lowest BCUT2D eigenvalue weighted by Gasteiger charge is -2.19. The van der Waals surface area contributed by atoms with Crippen LogP contribution in [0.2, 0.25) is 0 Å². The average Bonchev–Trinajstić information content (AvgIpc) is 2.07. The number of rotatable bonds is 4. The van der Waals surface area contributed by atoms with Gasteiger partial charge in [0.15, 0.2) is 0 Å². The molecule has 1 unspecified atom stereocenters. The molecule has 0 bridgehead atoms. The first-order valence-corrected chi connectivity index (χ1v) is 4.08. The minimum atomic E-state index is 0.284. The predicted molar refractivity (Wildman–Crippen MR) is 42.9 cm³/mol. The van der Waals surface area contributed by atoms with E-state index in [1.807, 2.05) is 13.0 Å². The zero-order valence-electron chi connectivity index (χ0n) is 6.88. The lowest BCUT2D eigenvalue weighted by Crippen LogP contribution is -2.29. The van der Waals surface area contributed by atoms with E-state index in [1.54, 1.807) is 6.26 Å².